The molecule has 0 saturated carbocycles. The molecule has 1 aromatic carbocycles. The first kappa shape index (κ1) is 15.8. The van der Waals surface area contributed by atoms with Crippen molar-refractivity contribution in [3.05, 3.63) is 34.9 Å². The normalized spacial score (nSPS) is 20.5. The minimum atomic E-state index is -2.00. The molecule has 1 fully saturated rings. The van der Waals surface area contributed by atoms with Crippen molar-refractivity contribution in [3.63, 3.8) is 0 Å². The van der Waals surface area contributed by atoms with Crippen LogP contribution in [0.5, 0.6) is 0 Å². The Morgan fingerprint density at radius 3 is 2.57 bits per heavy atom. The Labute approximate surface area is 119 Å². The molecule has 21 heavy (non-hydrogen) atoms. The van der Waals surface area contributed by atoms with Gasteiger partial charge in [0, 0.05) is 19.0 Å². The lowest BCUT2D eigenvalue weighted by atomic mass is 9.93. The molecule has 0 aromatic heterocycles. The van der Waals surface area contributed by atoms with Crippen LogP contribution in [0.25, 0.3) is 0 Å². The molecule has 1 aliphatic heterocycles. The highest BCUT2D eigenvalue weighted by Crippen LogP contribution is 2.24. The van der Waals surface area contributed by atoms with Gasteiger partial charge in [-0.2, -0.15) is 0 Å². The highest BCUT2D eigenvalue weighted by atomic mass is 19.2. The number of nitrogens with zero attached hydrogens (tertiary/aromatic N) is 1. The van der Waals surface area contributed by atoms with Crippen LogP contribution in [0.1, 0.15) is 30.1 Å². The van der Waals surface area contributed by atoms with Gasteiger partial charge in [-0.3, -0.25) is 4.79 Å². The number of hydrogen-bond acceptors (Lipinski definition) is 2. The summed E-state index contributed by atoms with van der Waals surface area (Å²) in [4.78, 5) is 13.4. The molecule has 3 nitrogen and oxygen atoms in total. The standard InChI is InChI=1S/C14H15F4NO2/c1-7(20)8-3-2-4-19(6-8)14(21)9-5-10(15)12(17)13(18)11(9)16/h5,7-8,20H,2-4,6H2,1H3. The number of benzene rings is 1. The van der Waals surface area contributed by atoms with E-state index in [1.165, 1.54) is 4.90 Å². The zero-order valence-corrected chi connectivity index (χ0v) is 11.4. The predicted molar refractivity (Wildman–Crippen MR) is 66.6 cm³/mol. The van der Waals surface area contributed by atoms with Crippen molar-refractivity contribution >= 4 is 5.91 Å². The fraction of sp³-hybridized carbons (Fsp3) is 0.500. The molecule has 2 unspecified atom stereocenters. The molecule has 2 atom stereocenters. The Hall–Kier alpha value is -1.63. The Morgan fingerprint density at radius 2 is 1.95 bits per heavy atom. The van der Waals surface area contributed by atoms with Gasteiger partial charge in [0.15, 0.2) is 23.3 Å². The van der Waals surface area contributed by atoms with Crippen LogP contribution in [0.3, 0.4) is 0 Å². The summed E-state index contributed by atoms with van der Waals surface area (Å²) in [7, 11) is 0. The number of halogens is 4. The molecule has 0 bridgehead atoms. The first-order valence-corrected chi connectivity index (χ1v) is 6.63. The number of likely N-dealkylation sites (tertiary alicyclic amines) is 1. The number of hydrogen-bond donors (Lipinski definition) is 1. The number of amides is 1. The van der Waals surface area contributed by atoms with Gasteiger partial charge >= 0.3 is 0 Å². The van der Waals surface area contributed by atoms with Crippen LogP contribution in [0.4, 0.5) is 17.6 Å². The van der Waals surface area contributed by atoms with E-state index < -0.39 is 40.8 Å². The largest absolute Gasteiger partial charge is 0.393 e. The zero-order chi connectivity index (χ0) is 15.7. The van der Waals surface area contributed by atoms with E-state index in [2.05, 4.69) is 0 Å². The molecule has 0 spiro atoms. The van der Waals surface area contributed by atoms with Crippen LogP contribution in [0.2, 0.25) is 0 Å². The molecule has 0 radical (unpaired) electrons. The molecule has 1 aliphatic rings. The topological polar surface area (TPSA) is 40.5 Å². The lowest BCUT2D eigenvalue weighted by Gasteiger charge is -2.34. The van der Waals surface area contributed by atoms with Crippen molar-refractivity contribution in [2.45, 2.75) is 25.9 Å². The number of piperidine rings is 1. The highest BCUT2D eigenvalue weighted by Gasteiger charge is 2.30. The van der Waals surface area contributed by atoms with Gasteiger partial charge in [-0.05, 0) is 25.8 Å². The van der Waals surface area contributed by atoms with Gasteiger partial charge in [0.2, 0.25) is 0 Å². The Balaban J connectivity index is 2.28. The maximum atomic E-state index is 13.6. The van der Waals surface area contributed by atoms with Crippen LogP contribution in [0.15, 0.2) is 6.07 Å². The summed E-state index contributed by atoms with van der Waals surface area (Å²) in [6.07, 6.45) is 0.651. The van der Waals surface area contributed by atoms with Gasteiger partial charge < -0.3 is 10.0 Å². The maximum absolute atomic E-state index is 13.6. The third-order valence-corrected chi connectivity index (χ3v) is 3.76. The molecule has 0 aliphatic carbocycles. The van der Waals surface area contributed by atoms with E-state index in [9.17, 15) is 27.5 Å². The number of carbonyl (C=O) groups excluding carboxylic acids is 1. The lowest BCUT2D eigenvalue weighted by Crippen LogP contribution is -2.43. The molecule has 1 N–H and O–H groups in total. The highest BCUT2D eigenvalue weighted by molar-refractivity contribution is 5.94. The summed E-state index contributed by atoms with van der Waals surface area (Å²) in [5, 5.41) is 9.54. The first-order chi connectivity index (χ1) is 9.82. The zero-order valence-electron chi connectivity index (χ0n) is 11.4. The van der Waals surface area contributed by atoms with Gasteiger partial charge in [-0.15, -0.1) is 0 Å². The molecular weight excluding hydrogens is 290 g/mol. The van der Waals surface area contributed by atoms with Crippen molar-refractivity contribution in [1.29, 1.82) is 0 Å². The summed E-state index contributed by atoms with van der Waals surface area (Å²) in [6.45, 7) is 2.04. The summed E-state index contributed by atoms with van der Waals surface area (Å²) in [5.41, 5.74) is -0.836. The number of aliphatic hydroxyl groups is 1. The van der Waals surface area contributed by atoms with Crippen molar-refractivity contribution in [2.24, 2.45) is 5.92 Å². The van der Waals surface area contributed by atoms with Gasteiger partial charge in [-0.1, -0.05) is 0 Å². The molecule has 1 saturated heterocycles. The van der Waals surface area contributed by atoms with E-state index in [-0.39, 0.29) is 12.5 Å². The van der Waals surface area contributed by atoms with E-state index in [0.29, 0.717) is 25.5 Å². The fourth-order valence-electron chi connectivity index (χ4n) is 2.49. The van der Waals surface area contributed by atoms with Crippen LogP contribution < -0.4 is 0 Å². The summed E-state index contributed by atoms with van der Waals surface area (Å²) in [5.74, 6) is -8.33. The average molecular weight is 305 g/mol. The number of rotatable bonds is 2. The van der Waals surface area contributed by atoms with Gasteiger partial charge in [0.05, 0.1) is 11.7 Å². The molecule has 1 amide bonds. The Morgan fingerprint density at radius 1 is 1.29 bits per heavy atom. The third kappa shape index (κ3) is 3.02. The SMILES string of the molecule is CC(O)C1CCCN(C(=O)c2cc(F)c(F)c(F)c2F)C1. The fourth-order valence-corrected chi connectivity index (χ4v) is 2.49. The second kappa shape index (κ2) is 6.01. The van der Waals surface area contributed by atoms with Crippen molar-refractivity contribution in [1.82, 2.24) is 4.90 Å². The van der Waals surface area contributed by atoms with E-state index in [1.807, 2.05) is 0 Å². The van der Waals surface area contributed by atoms with Crippen molar-refractivity contribution in [3.8, 4) is 0 Å². The smallest absolute Gasteiger partial charge is 0.257 e. The minimum absolute atomic E-state index is 0.163. The Kier molecular flexibility index (Phi) is 4.51. The molecule has 1 heterocycles. The van der Waals surface area contributed by atoms with Crippen LogP contribution in [0, 0.1) is 29.2 Å². The predicted octanol–water partition coefficient (Wildman–Crippen LogP) is 2.48. The quantitative estimate of drug-likeness (QED) is 0.518. The Bertz CT molecular complexity index is 562. The molecule has 2 rings (SSSR count). The summed E-state index contributed by atoms with van der Waals surface area (Å²) < 4.78 is 52.9. The van der Waals surface area contributed by atoms with E-state index in [1.54, 1.807) is 6.92 Å². The molecule has 116 valence electrons. The van der Waals surface area contributed by atoms with Gasteiger partial charge in [0.25, 0.3) is 5.91 Å². The van der Waals surface area contributed by atoms with Crippen LogP contribution >= 0.6 is 0 Å². The lowest BCUT2D eigenvalue weighted by molar-refractivity contribution is 0.0461. The van der Waals surface area contributed by atoms with Crippen molar-refractivity contribution < 1.29 is 27.5 Å². The third-order valence-electron chi connectivity index (χ3n) is 3.76. The van der Waals surface area contributed by atoms with Crippen molar-refractivity contribution in [2.75, 3.05) is 13.1 Å². The van der Waals surface area contributed by atoms with Gasteiger partial charge in [0.1, 0.15) is 0 Å². The van der Waals surface area contributed by atoms with Gasteiger partial charge in [-0.25, -0.2) is 17.6 Å². The first-order valence-electron chi connectivity index (χ1n) is 6.63. The van der Waals surface area contributed by atoms with Crippen LogP contribution in [-0.4, -0.2) is 35.1 Å². The van der Waals surface area contributed by atoms with E-state index >= 15 is 0 Å². The monoisotopic (exact) mass is 305 g/mol. The molecule has 7 heteroatoms. The number of carbonyl (C=O) groups is 1. The summed E-state index contributed by atoms with van der Waals surface area (Å²) in [6, 6.07) is 0.363. The minimum Gasteiger partial charge on any atom is -0.393 e. The maximum Gasteiger partial charge on any atom is 0.257 e. The van der Waals surface area contributed by atoms with E-state index in [0.717, 1.165) is 0 Å². The molecular formula is C14H15F4NO2. The van der Waals surface area contributed by atoms with E-state index in [4.69, 9.17) is 0 Å². The molecule has 1 aromatic rings. The van der Waals surface area contributed by atoms with Crippen LogP contribution in [-0.2, 0) is 0 Å². The second-order valence-corrected chi connectivity index (χ2v) is 5.24. The number of aliphatic hydroxyl groups excluding tert-OH is 1. The summed E-state index contributed by atoms with van der Waals surface area (Å²) >= 11 is 0. The average Bonchev–Trinajstić information content (AvgIpc) is 2.48. The second-order valence-electron chi connectivity index (χ2n) is 5.24.